The Balaban J connectivity index is 1.04. The van der Waals surface area contributed by atoms with Crippen molar-refractivity contribution in [3.8, 4) is 0 Å². The predicted molar refractivity (Wildman–Crippen MR) is 222 cm³/mol. The van der Waals surface area contributed by atoms with E-state index in [0.29, 0.717) is 41.5 Å². The second kappa shape index (κ2) is 13.8. The first-order valence-electron chi connectivity index (χ1n) is 21.3. The fourth-order valence-electron chi connectivity index (χ4n) is 12.7. The van der Waals surface area contributed by atoms with E-state index in [4.69, 9.17) is 4.74 Å². The van der Waals surface area contributed by atoms with Gasteiger partial charge in [0.1, 0.15) is 11.9 Å². The topological polar surface area (TPSA) is 15.7 Å². The van der Waals surface area contributed by atoms with Gasteiger partial charge in [-0.05, 0) is 78.6 Å². The van der Waals surface area contributed by atoms with Crippen molar-refractivity contribution in [3.63, 3.8) is 0 Å². The molecule has 0 spiro atoms. The molecule has 4 heterocycles. The van der Waals surface area contributed by atoms with Gasteiger partial charge in [0, 0.05) is 58.5 Å². The van der Waals surface area contributed by atoms with Crippen molar-refractivity contribution in [2.24, 2.45) is 0 Å². The minimum absolute atomic E-state index is 0.159. The Bertz CT molecular complexity index is 1840. The number of nitrogens with zero attached hydrogens (tertiary/aromatic N) is 2. The van der Waals surface area contributed by atoms with Gasteiger partial charge >= 0.3 is 0 Å². The molecule has 3 saturated heterocycles. The molecule has 0 radical (unpaired) electrons. The maximum absolute atomic E-state index is 7.07. The molecule has 0 N–H and O–H groups in total. The monoisotopic (exact) mass is 726 g/mol. The molecule has 52 heavy (non-hydrogen) atoms. The Morgan fingerprint density at radius 3 is 2.44 bits per heavy atom. The molecule has 2 aromatic rings. The lowest BCUT2D eigenvalue weighted by Crippen LogP contribution is -2.66. The van der Waals surface area contributed by atoms with E-state index in [1.54, 1.807) is 11.3 Å². The zero-order valence-corrected chi connectivity index (χ0v) is 32.4. The molecule has 0 bridgehead atoms. The normalized spacial score (nSPS) is 37.5. The summed E-state index contributed by atoms with van der Waals surface area (Å²) >= 11 is 4.84. The molecule has 0 amide bonds. The third-order valence-corrected chi connectivity index (χ3v) is 18.4. The minimum Gasteiger partial charge on any atom is -0.490 e. The molecule has 2 saturated carbocycles. The molecule has 3 nitrogen and oxygen atoms in total. The number of ether oxygens (including phenoxy) is 1. The van der Waals surface area contributed by atoms with Gasteiger partial charge in [0.05, 0.1) is 5.37 Å². The molecule has 270 valence electrons. The summed E-state index contributed by atoms with van der Waals surface area (Å²) in [6, 6.07) is 18.7. The first-order chi connectivity index (χ1) is 25.8. The molecule has 0 aromatic heterocycles. The summed E-state index contributed by atoms with van der Waals surface area (Å²) in [5.74, 6) is 2.72. The molecule has 2 aromatic carbocycles. The van der Waals surface area contributed by atoms with Crippen molar-refractivity contribution in [1.82, 2.24) is 9.80 Å². The van der Waals surface area contributed by atoms with Crippen molar-refractivity contribution < 1.29 is 4.74 Å². The number of benzene rings is 2. The molecular weight excluding hydrogens is 671 g/mol. The SMILES string of the molecule is C1=CCC(OC2=CC3=C4B(C5CCC=CC5N3C3CCCCC3)C3C5SC(c6ccc7ccccc7c6)CC5SC3N(C3CCCCC3)C4C2)C=C1. The highest BCUT2D eigenvalue weighted by molar-refractivity contribution is 8.06. The van der Waals surface area contributed by atoms with E-state index < -0.39 is 0 Å². The fourth-order valence-corrected chi connectivity index (χ4v) is 17.0. The van der Waals surface area contributed by atoms with Gasteiger partial charge in [-0.1, -0.05) is 123 Å². The quantitative estimate of drug-likeness (QED) is 0.225. The number of fused-ring (bicyclic) bond motifs is 7. The third kappa shape index (κ3) is 5.57. The van der Waals surface area contributed by atoms with Gasteiger partial charge in [-0.3, -0.25) is 4.90 Å². The zero-order chi connectivity index (χ0) is 34.2. The van der Waals surface area contributed by atoms with Gasteiger partial charge in [0.2, 0.25) is 0 Å². The van der Waals surface area contributed by atoms with Crippen LogP contribution in [0.5, 0.6) is 0 Å². The Hall–Kier alpha value is -2.28. The highest BCUT2D eigenvalue weighted by atomic mass is 32.2. The van der Waals surface area contributed by atoms with E-state index in [1.165, 1.54) is 100 Å². The lowest BCUT2D eigenvalue weighted by atomic mass is 9.23. The van der Waals surface area contributed by atoms with E-state index in [2.05, 4.69) is 118 Å². The maximum Gasteiger partial charge on any atom is 0.187 e. The van der Waals surface area contributed by atoms with Crippen molar-refractivity contribution in [2.45, 2.75) is 159 Å². The van der Waals surface area contributed by atoms with Crippen LogP contribution < -0.4 is 0 Å². The first kappa shape index (κ1) is 33.1. The molecule has 11 rings (SSSR count). The lowest BCUT2D eigenvalue weighted by molar-refractivity contribution is 0.0681. The lowest BCUT2D eigenvalue weighted by Gasteiger charge is -2.61. The summed E-state index contributed by atoms with van der Waals surface area (Å²) in [7, 11) is 0. The molecule has 9 unspecified atom stereocenters. The molecule has 4 aliphatic heterocycles. The molecule has 9 atom stereocenters. The van der Waals surface area contributed by atoms with Crippen LogP contribution in [0.25, 0.3) is 10.8 Å². The second-order valence-electron chi connectivity index (χ2n) is 17.6. The Morgan fingerprint density at radius 1 is 0.788 bits per heavy atom. The average Bonchev–Trinajstić information content (AvgIpc) is 3.77. The highest BCUT2D eigenvalue weighted by Gasteiger charge is 2.65. The van der Waals surface area contributed by atoms with Crippen LogP contribution in [0, 0.1) is 0 Å². The van der Waals surface area contributed by atoms with Crippen LogP contribution in [0.3, 0.4) is 0 Å². The second-order valence-corrected chi connectivity index (χ2v) is 20.3. The first-order valence-corrected chi connectivity index (χ1v) is 23.1. The molecule has 6 heteroatoms. The highest BCUT2D eigenvalue weighted by Crippen LogP contribution is 2.68. The van der Waals surface area contributed by atoms with Gasteiger partial charge in [0.15, 0.2) is 6.71 Å². The summed E-state index contributed by atoms with van der Waals surface area (Å²) < 4.78 is 7.07. The van der Waals surface area contributed by atoms with E-state index in [1.807, 2.05) is 5.47 Å². The standard InChI is InChI=1S/C46H55BN2OS2/c1-4-16-33(17-5-1)48-38-23-13-12-22-37(38)47-43-39(48)27-36(50-35-20-8-3-9-21-35)28-40(43)49(34-18-6-2-7-19-34)46-44(47)45-42(52-46)29-41(51-45)32-25-24-30-14-10-11-15-31(30)26-32/h3,8-11,13-15,20,23-27,33-35,37-38,40-42,44-46H,1-2,4-7,12,16-19,21-22,28-29H2. The van der Waals surface area contributed by atoms with Gasteiger partial charge in [-0.2, -0.15) is 0 Å². The van der Waals surface area contributed by atoms with Gasteiger partial charge < -0.3 is 9.64 Å². The molecule has 5 fully saturated rings. The maximum atomic E-state index is 7.07. The van der Waals surface area contributed by atoms with E-state index in [-0.39, 0.29) is 6.10 Å². The van der Waals surface area contributed by atoms with Crippen molar-refractivity contribution in [3.05, 3.63) is 107 Å². The summed E-state index contributed by atoms with van der Waals surface area (Å²) in [6.45, 7) is 0.681. The van der Waals surface area contributed by atoms with Crippen molar-refractivity contribution in [1.29, 1.82) is 0 Å². The average molecular weight is 727 g/mol. The van der Waals surface area contributed by atoms with Crippen molar-refractivity contribution in [2.75, 3.05) is 0 Å². The number of thioether (sulfide) groups is 2. The molecule has 9 aliphatic rings. The van der Waals surface area contributed by atoms with Crippen LogP contribution in [0.2, 0.25) is 11.6 Å². The number of allylic oxidation sites excluding steroid dienone is 4. The molecule has 5 aliphatic carbocycles. The van der Waals surface area contributed by atoms with E-state index >= 15 is 0 Å². The van der Waals surface area contributed by atoms with Crippen LogP contribution in [0.15, 0.2) is 102 Å². The van der Waals surface area contributed by atoms with Crippen LogP contribution in [0.1, 0.15) is 107 Å². The van der Waals surface area contributed by atoms with Gasteiger partial charge in [-0.25, -0.2) is 0 Å². The number of rotatable bonds is 5. The summed E-state index contributed by atoms with van der Waals surface area (Å²) in [6.07, 6.45) is 36.9. The van der Waals surface area contributed by atoms with Gasteiger partial charge in [-0.15, -0.1) is 23.5 Å². The van der Waals surface area contributed by atoms with E-state index in [9.17, 15) is 0 Å². The third-order valence-electron chi connectivity index (χ3n) is 14.8. The van der Waals surface area contributed by atoms with Gasteiger partial charge in [0.25, 0.3) is 0 Å². The zero-order valence-electron chi connectivity index (χ0n) is 30.7. The molecular formula is C46H55BN2OS2. The van der Waals surface area contributed by atoms with E-state index in [0.717, 1.165) is 35.0 Å². The Kier molecular flexibility index (Phi) is 8.77. The smallest absolute Gasteiger partial charge is 0.187 e. The van der Waals surface area contributed by atoms with Crippen LogP contribution in [0.4, 0.5) is 0 Å². The fraction of sp³-hybridized carbons (Fsp3) is 0.565. The summed E-state index contributed by atoms with van der Waals surface area (Å²) in [4.78, 5) is 6.24. The number of hydrogen-bond donors (Lipinski definition) is 0. The Labute approximate surface area is 320 Å². The Morgan fingerprint density at radius 2 is 1.62 bits per heavy atom. The largest absolute Gasteiger partial charge is 0.490 e. The predicted octanol–water partition coefficient (Wildman–Crippen LogP) is 11.4. The van der Waals surface area contributed by atoms with Crippen LogP contribution in [-0.2, 0) is 4.74 Å². The minimum atomic E-state index is 0.159. The number of hydrogen-bond acceptors (Lipinski definition) is 5. The summed E-state index contributed by atoms with van der Waals surface area (Å²) in [5, 5.41) is 5.48. The summed E-state index contributed by atoms with van der Waals surface area (Å²) in [5.41, 5.74) is 5.05. The van der Waals surface area contributed by atoms with Crippen LogP contribution >= 0.6 is 23.5 Å². The van der Waals surface area contributed by atoms with Crippen molar-refractivity contribution >= 4 is 41.0 Å². The van der Waals surface area contributed by atoms with Crippen LogP contribution in [-0.4, -0.2) is 62.7 Å².